The van der Waals surface area contributed by atoms with E-state index >= 15 is 0 Å². The molecule has 104 valence electrons. The zero-order valence-corrected chi connectivity index (χ0v) is 12.6. The summed E-state index contributed by atoms with van der Waals surface area (Å²) < 4.78 is 0.829. The van der Waals surface area contributed by atoms with Crippen molar-refractivity contribution in [3.05, 3.63) is 52.3 Å². The van der Waals surface area contributed by atoms with Gasteiger partial charge in [0.05, 0.1) is 4.47 Å². The number of aryl methyl sites for hydroxylation is 1. The maximum absolute atomic E-state index is 11.8. The second-order valence-corrected chi connectivity index (χ2v) is 5.19. The van der Waals surface area contributed by atoms with Crippen LogP contribution in [0.4, 0.5) is 5.95 Å². The number of carbonyl (C=O) groups is 1. The van der Waals surface area contributed by atoms with Crippen molar-refractivity contribution < 1.29 is 4.79 Å². The topological polar surface area (TPSA) is 66.9 Å². The van der Waals surface area contributed by atoms with Gasteiger partial charge in [0.2, 0.25) is 5.95 Å². The Bertz CT molecular complexity index is 569. The van der Waals surface area contributed by atoms with Gasteiger partial charge >= 0.3 is 0 Å². The van der Waals surface area contributed by atoms with Crippen molar-refractivity contribution in [2.45, 2.75) is 6.92 Å². The second kappa shape index (κ2) is 7.00. The monoisotopic (exact) mass is 334 g/mol. The third-order valence-electron chi connectivity index (χ3n) is 2.63. The molecule has 0 radical (unpaired) electrons. The number of carbonyl (C=O) groups excluding carboxylic acids is 1. The van der Waals surface area contributed by atoms with Gasteiger partial charge in [-0.2, -0.15) is 0 Å². The number of nitrogens with zero attached hydrogens (tertiary/aromatic N) is 2. The van der Waals surface area contributed by atoms with Crippen LogP contribution in [0.5, 0.6) is 0 Å². The molecule has 0 bridgehead atoms. The Balaban J connectivity index is 1.74. The zero-order chi connectivity index (χ0) is 14.4. The molecule has 0 aliphatic rings. The van der Waals surface area contributed by atoms with Crippen molar-refractivity contribution in [1.82, 2.24) is 15.3 Å². The molecule has 20 heavy (non-hydrogen) atoms. The van der Waals surface area contributed by atoms with Gasteiger partial charge in [0, 0.05) is 31.0 Å². The van der Waals surface area contributed by atoms with E-state index in [1.165, 1.54) is 0 Å². The lowest BCUT2D eigenvalue weighted by Gasteiger charge is -2.07. The fraction of sp³-hybridized carbons (Fsp3) is 0.214. The van der Waals surface area contributed by atoms with E-state index in [-0.39, 0.29) is 5.91 Å². The number of benzene rings is 1. The van der Waals surface area contributed by atoms with Crippen molar-refractivity contribution in [1.29, 1.82) is 0 Å². The molecule has 0 unspecified atom stereocenters. The van der Waals surface area contributed by atoms with Gasteiger partial charge in [-0.15, -0.1) is 0 Å². The van der Waals surface area contributed by atoms with E-state index in [1.807, 2.05) is 31.2 Å². The van der Waals surface area contributed by atoms with Crippen LogP contribution in [0.25, 0.3) is 0 Å². The minimum Gasteiger partial charge on any atom is -0.352 e. The van der Waals surface area contributed by atoms with Crippen molar-refractivity contribution >= 4 is 27.8 Å². The fourth-order valence-electron chi connectivity index (χ4n) is 1.56. The Kier molecular flexibility index (Phi) is 5.06. The molecule has 2 aromatic rings. The van der Waals surface area contributed by atoms with Gasteiger partial charge in [0.25, 0.3) is 5.91 Å². The minimum atomic E-state index is -0.0801. The summed E-state index contributed by atoms with van der Waals surface area (Å²) >= 11 is 3.27. The van der Waals surface area contributed by atoms with Crippen LogP contribution in [0.1, 0.15) is 15.9 Å². The Morgan fingerprint density at radius 1 is 1.15 bits per heavy atom. The number of anilines is 1. The Morgan fingerprint density at radius 2 is 1.80 bits per heavy atom. The molecule has 0 aliphatic heterocycles. The standard InChI is InChI=1S/C14H15BrN4O/c1-10-2-4-11(5-3-10)13(20)16-6-7-17-14-18-8-12(15)9-19-14/h2-5,8-9H,6-7H2,1H3,(H,16,20)(H,17,18,19). The molecule has 0 spiro atoms. The van der Waals surface area contributed by atoms with Crippen molar-refractivity contribution in [2.75, 3.05) is 18.4 Å². The number of rotatable bonds is 5. The summed E-state index contributed by atoms with van der Waals surface area (Å²) in [6.07, 6.45) is 3.33. The number of halogens is 1. The Hall–Kier alpha value is -1.95. The highest BCUT2D eigenvalue weighted by atomic mass is 79.9. The minimum absolute atomic E-state index is 0.0801. The van der Waals surface area contributed by atoms with Crippen LogP contribution in [-0.4, -0.2) is 29.0 Å². The number of hydrogen-bond donors (Lipinski definition) is 2. The highest BCUT2D eigenvalue weighted by Crippen LogP contribution is 2.06. The summed E-state index contributed by atoms with van der Waals surface area (Å²) in [5, 5.41) is 5.86. The normalized spacial score (nSPS) is 10.1. The summed E-state index contributed by atoms with van der Waals surface area (Å²) in [6, 6.07) is 7.47. The highest BCUT2D eigenvalue weighted by molar-refractivity contribution is 9.10. The predicted octanol–water partition coefficient (Wildman–Crippen LogP) is 2.39. The molecule has 2 rings (SSSR count). The maximum atomic E-state index is 11.8. The summed E-state index contributed by atoms with van der Waals surface area (Å²) in [6.45, 7) is 3.06. The lowest BCUT2D eigenvalue weighted by molar-refractivity contribution is 0.0955. The molecular weight excluding hydrogens is 320 g/mol. The molecule has 1 aromatic carbocycles. The molecule has 0 atom stereocenters. The van der Waals surface area contributed by atoms with Gasteiger partial charge in [-0.05, 0) is 35.0 Å². The smallest absolute Gasteiger partial charge is 0.251 e. The summed E-state index contributed by atoms with van der Waals surface area (Å²) in [5.41, 5.74) is 1.80. The SMILES string of the molecule is Cc1ccc(C(=O)NCCNc2ncc(Br)cn2)cc1. The van der Waals surface area contributed by atoms with Crippen LogP contribution in [0.15, 0.2) is 41.1 Å². The van der Waals surface area contributed by atoms with Gasteiger partial charge in [0.15, 0.2) is 0 Å². The van der Waals surface area contributed by atoms with E-state index in [0.29, 0.717) is 24.6 Å². The van der Waals surface area contributed by atoms with E-state index < -0.39 is 0 Å². The van der Waals surface area contributed by atoms with Crippen molar-refractivity contribution in [2.24, 2.45) is 0 Å². The molecule has 1 heterocycles. The van der Waals surface area contributed by atoms with E-state index in [9.17, 15) is 4.79 Å². The van der Waals surface area contributed by atoms with Crippen LogP contribution in [-0.2, 0) is 0 Å². The Labute approximate surface area is 126 Å². The predicted molar refractivity (Wildman–Crippen MR) is 81.7 cm³/mol. The second-order valence-electron chi connectivity index (χ2n) is 4.27. The molecular formula is C14H15BrN4O. The van der Waals surface area contributed by atoms with Gasteiger partial charge in [-0.25, -0.2) is 9.97 Å². The first-order chi connectivity index (χ1) is 9.65. The molecule has 1 amide bonds. The number of nitrogens with one attached hydrogen (secondary N) is 2. The van der Waals surface area contributed by atoms with Crippen LogP contribution < -0.4 is 10.6 Å². The Morgan fingerprint density at radius 3 is 2.45 bits per heavy atom. The quantitative estimate of drug-likeness (QED) is 0.824. The molecule has 6 heteroatoms. The summed E-state index contributed by atoms with van der Waals surface area (Å²) in [5.74, 6) is 0.460. The van der Waals surface area contributed by atoms with Crippen molar-refractivity contribution in [3.8, 4) is 0 Å². The summed E-state index contributed by atoms with van der Waals surface area (Å²) in [7, 11) is 0. The first-order valence-electron chi connectivity index (χ1n) is 6.21. The molecule has 0 saturated carbocycles. The zero-order valence-electron chi connectivity index (χ0n) is 11.1. The average molecular weight is 335 g/mol. The summed E-state index contributed by atoms with van der Waals surface area (Å²) in [4.78, 5) is 20.0. The number of amides is 1. The van der Waals surface area contributed by atoms with Crippen LogP contribution in [0.2, 0.25) is 0 Å². The number of hydrogen-bond acceptors (Lipinski definition) is 4. The molecule has 0 fully saturated rings. The largest absolute Gasteiger partial charge is 0.352 e. The molecule has 2 N–H and O–H groups in total. The molecule has 5 nitrogen and oxygen atoms in total. The van der Waals surface area contributed by atoms with E-state index in [1.54, 1.807) is 12.4 Å². The van der Waals surface area contributed by atoms with Gasteiger partial charge < -0.3 is 10.6 Å². The van der Waals surface area contributed by atoms with Crippen LogP contribution in [0, 0.1) is 6.92 Å². The third kappa shape index (κ3) is 4.31. The number of aromatic nitrogens is 2. The van der Waals surface area contributed by atoms with Gasteiger partial charge in [0.1, 0.15) is 0 Å². The third-order valence-corrected chi connectivity index (χ3v) is 3.04. The molecule has 0 saturated heterocycles. The lowest BCUT2D eigenvalue weighted by Crippen LogP contribution is -2.29. The van der Waals surface area contributed by atoms with E-state index in [2.05, 4.69) is 36.5 Å². The van der Waals surface area contributed by atoms with Crippen molar-refractivity contribution in [3.63, 3.8) is 0 Å². The van der Waals surface area contributed by atoms with E-state index in [0.717, 1.165) is 10.0 Å². The fourth-order valence-corrected chi connectivity index (χ4v) is 1.77. The average Bonchev–Trinajstić information content (AvgIpc) is 2.46. The van der Waals surface area contributed by atoms with Gasteiger partial charge in [-0.1, -0.05) is 17.7 Å². The molecule has 0 aliphatic carbocycles. The maximum Gasteiger partial charge on any atom is 0.251 e. The van der Waals surface area contributed by atoms with Gasteiger partial charge in [-0.3, -0.25) is 4.79 Å². The van der Waals surface area contributed by atoms with Crippen LogP contribution >= 0.6 is 15.9 Å². The lowest BCUT2D eigenvalue weighted by atomic mass is 10.1. The highest BCUT2D eigenvalue weighted by Gasteiger charge is 2.03. The van der Waals surface area contributed by atoms with E-state index in [4.69, 9.17) is 0 Å². The first kappa shape index (κ1) is 14.5. The first-order valence-corrected chi connectivity index (χ1v) is 7.01. The molecule has 1 aromatic heterocycles. The van der Waals surface area contributed by atoms with Crippen LogP contribution in [0.3, 0.4) is 0 Å².